The summed E-state index contributed by atoms with van der Waals surface area (Å²) in [6, 6.07) is 5.23. The van der Waals surface area contributed by atoms with Gasteiger partial charge in [-0.2, -0.15) is 4.31 Å². The highest BCUT2D eigenvalue weighted by Gasteiger charge is 2.45. The topological polar surface area (TPSA) is 96.0 Å². The number of morpholine rings is 1. The van der Waals surface area contributed by atoms with E-state index in [-0.39, 0.29) is 10.8 Å². The molecule has 2 heterocycles. The zero-order valence-corrected chi connectivity index (χ0v) is 14.3. The molecule has 2 fully saturated rings. The summed E-state index contributed by atoms with van der Waals surface area (Å²) in [5.41, 5.74) is -0.640. The highest BCUT2D eigenvalue weighted by molar-refractivity contribution is 7.89. The lowest BCUT2D eigenvalue weighted by Crippen LogP contribution is -2.40. The van der Waals surface area contributed by atoms with E-state index in [0.717, 1.165) is 4.90 Å². The fraction of sp³-hybridized carbons (Fsp3) is 0.467. The van der Waals surface area contributed by atoms with Gasteiger partial charge in [-0.05, 0) is 38.1 Å². The lowest BCUT2D eigenvalue weighted by atomic mass is 10.1. The van der Waals surface area contributed by atoms with Gasteiger partial charge in [-0.3, -0.25) is 4.79 Å². The maximum atomic E-state index is 12.6. The minimum atomic E-state index is -3.60. The van der Waals surface area contributed by atoms with Crippen molar-refractivity contribution in [2.24, 2.45) is 0 Å². The van der Waals surface area contributed by atoms with E-state index in [1.165, 1.54) is 28.6 Å². The van der Waals surface area contributed by atoms with Crippen LogP contribution >= 0.6 is 0 Å². The van der Waals surface area contributed by atoms with Crippen LogP contribution in [0.25, 0.3) is 0 Å². The van der Waals surface area contributed by atoms with Crippen molar-refractivity contribution < 1.29 is 22.7 Å². The summed E-state index contributed by atoms with van der Waals surface area (Å²) in [5, 5.41) is 2.59. The molecule has 0 atom stereocenters. The van der Waals surface area contributed by atoms with Crippen molar-refractivity contribution >= 4 is 27.6 Å². The van der Waals surface area contributed by atoms with E-state index in [9.17, 15) is 18.0 Å². The summed E-state index contributed by atoms with van der Waals surface area (Å²) in [6.07, 6.45) is 0. The second-order valence-corrected chi connectivity index (χ2v) is 8.14. The minimum absolute atomic E-state index is 0.125. The van der Waals surface area contributed by atoms with Crippen LogP contribution in [0.15, 0.2) is 29.2 Å². The molecule has 130 valence electrons. The van der Waals surface area contributed by atoms with E-state index in [4.69, 9.17) is 4.74 Å². The molecule has 2 aliphatic rings. The molecule has 0 unspecified atom stereocenters. The second-order valence-electron chi connectivity index (χ2n) is 6.21. The Labute approximate surface area is 140 Å². The van der Waals surface area contributed by atoms with Crippen molar-refractivity contribution in [3.8, 4) is 0 Å². The molecule has 1 aromatic rings. The number of benzene rings is 1. The Balaban J connectivity index is 1.86. The third-order valence-corrected chi connectivity index (χ3v) is 5.98. The molecule has 0 saturated carbocycles. The Bertz CT molecular complexity index is 767. The summed E-state index contributed by atoms with van der Waals surface area (Å²) >= 11 is 0. The highest BCUT2D eigenvalue weighted by Crippen LogP contribution is 2.26. The normalized spacial score (nSPS) is 21.8. The number of hydrogen-bond donors (Lipinski definition) is 1. The maximum Gasteiger partial charge on any atom is 0.329 e. The molecule has 0 aliphatic carbocycles. The molecular formula is C15H19N3O5S. The predicted octanol–water partition coefficient (Wildman–Crippen LogP) is 0.542. The summed E-state index contributed by atoms with van der Waals surface area (Å²) in [4.78, 5) is 25.4. The standard InChI is InChI=1S/C15H19N3O5S/c1-15(2)13(19)18(14(20)16-15)11-3-5-12(6-4-11)24(21,22)17-7-9-23-10-8-17/h3-6H,7-10H2,1-2H3,(H,16,20). The van der Waals surface area contributed by atoms with Crippen LogP contribution in [0.3, 0.4) is 0 Å². The summed E-state index contributed by atoms with van der Waals surface area (Å²) in [5.74, 6) is -0.378. The lowest BCUT2D eigenvalue weighted by Gasteiger charge is -2.26. The van der Waals surface area contributed by atoms with E-state index in [0.29, 0.717) is 32.0 Å². The predicted molar refractivity (Wildman–Crippen MR) is 86.1 cm³/mol. The number of amides is 3. The first-order chi connectivity index (χ1) is 11.2. The zero-order valence-electron chi connectivity index (χ0n) is 13.5. The van der Waals surface area contributed by atoms with Crippen molar-refractivity contribution in [1.29, 1.82) is 0 Å². The Morgan fingerprint density at radius 1 is 1.08 bits per heavy atom. The first-order valence-corrected chi connectivity index (χ1v) is 9.02. The van der Waals surface area contributed by atoms with E-state index >= 15 is 0 Å². The van der Waals surface area contributed by atoms with Crippen LogP contribution < -0.4 is 10.2 Å². The van der Waals surface area contributed by atoms with Crippen LogP contribution in [-0.2, 0) is 19.6 Å². The molecule has 1 N–H and O–H groups in total. The van der Waals surface area contributed by atoms with Gasteiger partial charge in [0.25, 0.3) is 5.91 Å². The average molecular weight is 353 g/mol. The number of hydrogen-bond acceptors (Lipinski definition) is 5. The van der Waals surface area contributed by atoms with Gasteiger partial charge in [0.2, 0.25) is 10.0 Å². The number of anilines is 1. The van der Waals surface area contributed by atoms with Gasteiger partial charge in [-0.1, -0.05) is 0 Å². The molecule has 0 bridgehead atoms. The summed E-state index contributed by atoms with van der Waals surface area (Å²) in [7, 11) is -3.60. The number of carbonyl (C=O) groups is 2. The highest BCUT2D eigenvalue weighted by atomic mass is 32.2. The molecule has 0 spiro atoms. The Morgan fingerprint density at radius 2 is 1.67 bits per heavy atom. The molecule has 1 aromatic carbocycles. The number of sulfonamides is 1. The number of carbonyl (C=O) groups excluding carboxylic acids is 2. The first-order valence-electron chi connectivity index (χ1n) is 7.58. The Morgan fingerprint density at radius 3 is 2.17 bits per heavy atom. The number of rotatable bonds is 3. The van der Waals surface area contributed by atoms with Crippen molar-refractivity contribution in [2.75, 3.05) is 31.2 Å². The van der Waals surface area contributed by atoms with Crippen LogP contribution in [0.5, 0.6) is 0 Å². The number of nitrogens with zero attached hydrogens (tertiary/aromatic N) is 2. The Kier molecular flexibility index (Phi) is 4.10. The minimum Gasteiger partial charge on any atom is -0.379 e. The van der Waals surface area contributed by atoms with Gasteiger partial charge in [-0.25, -0.2) is 18.1 Å². The van der Waals surface area contributed by atoms with Crippen LogP contribution in [-0.4, -0.2) is 56.5 Å². The van der Waals surface area contributed by atoms with Gasteiger partial charge in [0.1, 0.15) is 5.54 Å². The van der Waals surface area contributed by atoms with Crippen molar-refractivity contribution in [3.05, 3.63) is 24.3 Å². The van der Waals surface area contributed by atoms with E-state index in [2.05, 4.69) is 5.32 Å². The third kappa shape index (κ3) is 2.79. The molecule has 3 amide bonds. The first kappa shape index (κ1) is 16.9. The van der Waals surface area contributed by atoms with Gasteiger partial charge in [-0.15, -0.1) is 0 Å². The van der Waals surface area contributed by atoms with Gasteiger partial charge < -0.3 is 10.1 Å². The third-order valence-electron chi connectivity index (χ3n) is 4.06. The summed E-state index contributed by atoms with van der Waals surface area (Å²) < 4.78 is 31.7. The fourth-order valence-corrected chi connectivity index (χ4v) is 4.09. The van der Waals surface area contributed by atoms with Crippen molar-refractivity contribution in [1.82, 2.24) is 9.62 Å². The average Bonchev–Trinajstić information content (AvgIpc) is 2.76. The van der Waals surface area contributed by atoms with Crippen LogP contribution in [0.4, 0.5) is 10.5 Å². The molecule has 2 saturated heterocycles. The Hall–Kier alpha value is -1.97. The van der Waals surface area contributed by atoms with Gasteiger partial charge >= 0.3 is 6.03 Å². The van der Waals surface area contributed by atoms with Crippen molar-refractivity contribution in [2.45, 2.75) is 24.3 Å². The largest absolute Gasteiger partial charge is 0.379 e. The second kappa shape index (κ2) is 5.83. The fourth-order valence-electron chi connectivity index (χ4n) is 2.69. The molecule has 3 rings (SSSR count). The molecule has 0 radical (unpaired) electrons. The molecule has 24 heavy (non-hydrogen) atoms. The van der Waals surface area contributed by atoms with E-state index in [1.807, 2.05) is 0 Å². The van der Waals surface area contributed by atoms with Crippen molar-refractivity contribution in [3.63, 3.8) is 0 Å². The number of nitrogens with one attached hydrogen (secondary N) is 1. The molecular weight excluding hydrogens is 334 g/mol. The SMILES string of the molecule is CC1(C)NC(=O)N(c2ccc(S(=O)(=O)N3CCOCC3)cc2)C1=O. The molecule has 2 aliphatic heterocycles. The van der Waals surface area contributed by atoms with Crippen LogP contribution in [0.2, 0.25) is 0 Å². The number of urea groups is 1. The van der Waals surface area contributed by atoms with E-state index in [1.54, 1.807) is 13.8 Å². The van der Waals surface area contributed by atoms with Gasteiger partial charge in [0.15, 0.2) is 0 Å². The van der Waals surface area contributed by atoms with Gasteiger partial charge in [0.05, 0.1) is 23.8 Å². The maximum absolute atomic E-state index is 12.6. The molecule has 9 heteroatoms. The zero-order chi connectivity index (χ0) is 17.5. The smallest absolute Gasteiger partial charge is 0.329 e. The molecule has 8 nitrogen and oxygen atoms in total. The lowest BCUT2D eigenvalue weighted by molar-refractivity contribution is -0.121. The molecule has 0 aromatic heterocycles. The number of ether oxygens (including phenoxy) is 1. The summed E-state index contributed by atoms with van der Waals surface area (Å²) in [6.45, 7) is 4.59. The van der Waals surface area contributed by atoms with Crippen LogP contribution in [0, 0.1) is 0 Å². The monoisotopic (exact) mass is 353 g/mol. The van der Waals surface area contributed by atoms with E-state index < -0.39 is 21.6 Å². The van der Waals surface area contributed by atoms with Crippen LogP contribution in [0.1, 0.15) is 13.8 Å². The van der Waals surface area contributed by atoms with Gasteiger partial charge in [0, 0.05) is 13.1 Å². The number of imide groups is 1. The quantitative estimate of drug-likeness (QED) is 0.800.